The van der Waals surface area contributed by atoms with E-state index >= 15 is 0 Å². The summed E-state index contributed by atoms with van der Waals surface area (Å²) in [5.74, 6) is 0.203. The van der Waals surface area contributed by atoms with Crippen LogP contribution >= 0.6 is 0 Å². The van der Waals surface area contributed by atoms with E-state index in [-0.39, 0.29) is 11.9 Å². The topological polar surface area (TPSA) is 58.0 Å². The molecule has 0 fully saturated rings. The van der Waals surface area contributed by atoms with Crippen molar-refractivity contribution < 1.29 is 9.21 Å². The number of aryl methyl sites for hydroxylation is 1. The SMILES string of the molecule is O=C(N[C@H]1CCCc2c1[nH]c1ccccc21)c1ccco1. The molecule has 1 amide bonds. The summed E-state index contributed by atoms with van der Waals surface area (Å²) in [7, 11) is 0. The van der Waals surface area contributed by atoms with Crippen molar-refractivity contribution in [2.75, 3.05) is 0 Å². The van der Waals surface area contributed by atoms with Gasteiger partial charge in [-0.1, -0.05) is 18.2 Å². The van der Waals surface area contributed by atoms with Gasteiger partial charge in [-0.2, -0.15) is 0 Å². The summed E-state index contributed by atoms with van der Waals surface area (Å²) in [6.07, 6.45) is 4.61. The van der Waals surface area contributed by atoms with Gasteiger partial charge < -0.3 is 14.7 Å². The van der Waals surface area contributed by atoms with Gasteiger partial charge in [0, 0.05) is 16.6 Å². The fraction of sp³-hybridized carbons (Fsp3) is 0.235. The van der Waals surface area contributed by atoms with Gasteiger partial charge in [-0.15, -0.1) is 0 Å². The smallest absolute Gasteiger partial charge is 0.287 e. The van der Waals surface area contributed by atoms with Gasteiger partial charge in [-0.3, -0.25) is 4.79 Å². The zero-order valence-corrected chi connectivity index (χ0v) is 11.6. The number of amides is 1. The van der Waals surface area contributed by atoms with Crippen molar-refractivity contribution in [2.45, 2.75) is 25.3 Å². The summed E-state index contributed by atoms with van der Waals surface area (Å²) in [6.45, 7) is 0. The molecule has 0 unspecified atom stereocenters. The summed E-state index contributed by atoms with van der Waals surface area (Å²) in [4.78, 5) is 15.7. The lowest BCUT2D eigenvalue weighted by Gasteiger charge is -2.23. The molecule has 1 aliphatic carbocycles. The summed E-state index contributed by atoms with van der Waals surface area (Å²) >= 11 is 0. The van der Waals surface area contributed by atoms with Crippen LogP contribution in [0.1, 0.15) is 40.7 Å². The summed E-state index contributed by atoms with van der Waals surface area (Å²) in [6, 6.07) is 11.7. The number of para-hydroxylation sites is 1. The van der Waals surface area contributed by atoms with E-state index in [1.807, 2.05) is 6.07 Å². The molecule has 1 aromatic carbocycles. The molecule has 3 aromatic rings. The number of rotatable bonds is 2. The first-order valence-electron chi connectivity index (χ1n) is 7.27. The largest absolute Gasteiger partial charge is 0.459 e. The van der Waals surface area contributed by atoms with Gasteiger partial charge >= 0.3 is 0 Å². The number of aromatic nitrogens is 1. The van der Waals surface area contributed by atoms with Crippen molar-refractivity contribution in [3.8, 4) is 0 Å². The van der Waals surface area contributed by atoms with Gasteiger partial charge in [0.2, 0.25) is 0 Å². The lowest BCUT2D eigenvalue weighted by Crippen LogP contribution is -2.30. The second-order valence-electron chi connectivity index (χ2n) is 5.46. The minimum Gasteiger partial charge on any atom is -0.459 e. The zero-order chi connectivity index (χ0) is 14.2. The van der Waals surface area contributed by atoms with Crippen LogP contribution in [0.5, 0.6) is 0 Å². The first-order valence-corrected chi connectivity index (χ1v) is 7.27. The molecule has 2 heterocycles. The fourth-order valence-corrected chi connectivity index (χ4v) is 3.20. The van der Waals surface area contributed by atoms with Crippen molar-refractivity contribution in [2.24, 2.45) is 0 Å². The van der Waals surface area contributed by atoms with Crippen LogP contribution in [0.25, 0.3) is 10.9 Å². The Labute approximate surface area is 122 Å². The van der Waals surface area contributed by atoms with E-state index in [1.165, 1.54) is 17.2 Å². The molecule has 0 saturated carbocycles. The van der Waals surface area contributed by atoms with E-state index in [2.05, 4.69) is 28.5 Å². The zero-order valence-electron chi connectivity index (χ0n) is 11.6. The first-order chi connectivity index (χ1) is 10.3. The van der Waals surface area contributed by atoms with Crippen molar-refractivity contribution in [3.63, 3.8) is 0 Å². The van der Waals surface area contributed by atoms with E-state index < -0.39 is 0 Å². The first kappa shape index (κ1) is 12.3. The molecule has 1 atom stereocenters. The van der Waals surface area contributed by atoms with Gasteiger partial charge in [0.1, 0.15) is 0 Å². The average molecular weight is 280 g/mol. The standard InChI is InChI=1S/C17H16N2O2/c20-17(15-9-4-10-21-15)19-14-8-3-6-12-11-5-1-2-7-13(11)18-16(12)14/h1-2,4-5,7,9-10,14,18H,3,6,8H2,(H,19,20)/t14-/m0/s1. The second kappa shape index (κ2) is 4.81. The molecule has 0 saturated heterocycles. The van der Waals surface area contributed by atoms with E-state index in [4.69, 9.17) is 4.42 Å². The Morgan fingerprint density at radius 3 is 3.00 bits per heavy atom. The average Bonchev–Trinajstić information content (AvgIpc) is 3.15. The number of fused-ring (bicyclic) bond motifs is 3. The second-order valence-corrected chi connectivity index (χ2v) is 5.46. The highest BCUT2D eigenvalue weighted by Gasteiger charge is 2.26. The Bertz CT molecular complexity index is 786. The number of benzene rings is 1. The minimum atomic E-state index is -0.156. The molecule has 0 bridgehead atoms. The monoisotopic (exact) mass is 280 g/mol. The molecule has 0 aliphatic heterocycles. The molecule has 2 N–H and O–H groups in total. The number of aromatic amines is 1. The highest BCUT2D eigenvalue weighted by Crippen LogP contribution is 2.34. The predicted octanol–water partition coefficient (Wildman–Crippen LogP) is 3.57. The summed E-state index contributed by atoms with van der Waals surface area (Å²) < 4.78 is 5.16. The van der Waals surface area contributed by atoms with Gasteiger partial charge in [0.15, 0.2) is 5.76 Å². The van der Waals surface area contributed by atoms with Crippen LogP contribution in [-0.4, -0.2) is 10.9 Å². The van der Waals surface area contributed by atoms with Crippen molar-refractivity contribution in [1.29, 1.82) is 0 Å². The summed E-state index contributed by atoms with van der Waals surface area (Å²) in [5.41, 5.74) is 3.62. The van der Waals surface area contributed by atoms with Crippen LogP contribution < -0.4 is 5.32 Å². The van der Waals surface area contributed by atoms with Gasteiger partial charge in [0.05, 0.1) is 12.3 Å². The number of furan rings is 1. The van der Waals surface area contributed by atoms with E-state index in [1.54, 1.807) is 12.1 Å². The molecule has 106 valence electrons. The lowest BCUT2D eigenvalue weighted by atomic mass is 9.91. The van der Waals surface area contributed by atoms with Gasteiger partial charge in [-0.25, -0.2) is 0 Å². The Balaban J connectivity index is 1.68. The van der Waals surface area contributed by atoms with Crippen molar-refractivity contribution in [1.82, 2.24) is 10.3 Å². The Morgan fingerprint density at radius 1 is 1.24 bits per heavy atom. The predicted molar refractivity (Wildman–Crippen MR) is 80.2 cm³/mol. The minimum absolute atomic E-state index is 0.0266. The van der Waals surface area contributed by atoms with Crippen LogP contribution in [0.2, 0.25) is 0 Å². The van der Waals surface area contributed by atoms with Crippen LogP contribution in [0.4, 0.5) is 0 Å². The Morgan fingerprint density at radius 2 is 2.14 bits per heavy atom. The maximum atomic E-state index is 12.2. The molecule has 1 aliphatic rings. The molecule has 4 rings (SSSR count). The third-order valence-electron chi connectivity index (χ3n) is 4.16. The normalized spacial score (nSPS) is 17.6. The number of hydrogen-bond acceptors (Lipinski definition) is 2. The van der Waals surface area contributed by atoms with Gasteiger partial charge in [0.25, 0.3) is 5.91 Å². The van der Waals surface area contributed by atoms with Crippen LogP contribution in [-0.2, 0) is 6.42 Å². The molecule has 4 heteroatoms. The Hall–Kier alpha value is -2.49. The van der Waals surface area contributed by atoms with E-state index in [0.29, 0.717) is 5.76 Å². The third kappa shape index (κ3) is 2.03. The van der Waals surface area contributed by atoms with E-state index in [0.717, 1.165) is 30.5 Å². The van der Waals surface area contributed by atoms with Crippen LogP contribution in [0.3, 0.4) is 0 Å². The summed E-state index contributed by atoms with van der Waals surface area (Å²) in [5, 5.41) is 4.34. The van der Waals surface area contributed by atoms with Crippen LogP contribution in [0, 0.1) is 0 Å². The maximum absolute atomic E-state index is 12.2. The quantitative estimate of drug-likeness (QED) is 0.754. The molecule has 2 aromatic heterocycles. The molecule has 0 spiro atoms. The lowest BCUT2D eigenvalue weighted by molar-refractivity contribution is 0.0904. The molecular weight excluding hydrogens is 264 g/mol. The Kier molecular flexibility index (Phi) is 2.81. The molecule has 0 radical (unpaired) electrons. The molecular formula is C17H16N2O2. The number of H-pyrrole nitrogens is 1. The molecule has 21 heavy (non-hydrogen) atoms. The van der Waals surface area contributed by atoms with E-state index in [9.17, 15) is 4.79 Å². The number of carbonyl (C=O) groups is 1. The van der Waals surface area contributed by atoms with Crippen molar-refractivity contribution >= 4 is 16.8 Å². The number of carbonyl (C=O) groups excluding carboxylic acids is 1. The van der Waals surface area contributed by atoms with Crippen LogP contribution in [0.15, 0.2) is 47.1 Å². The van der Waals surface area contributed by atoms with Gasteiger partial charge in [-0.05, 0) is 43.0 Å². The number of nitrogens with one attached hydrogen (secondary N) is 2. The maximum Gasteiger partial charge on any atom is 0.287 e. The van der Waals surface area contributed by atoms with Crippen molar-refractivity contribution in [3.05, 3.63) is 59.7 Å². The fourth-order valence-electron chi connectivity index (χ4n) is 3.20. The molecule has 4 nitrogen and oxygen atoms in total. The highest BCUT2D eigenvalue weighted by atomic mass is 16.3. The highest BCUT2D eigenvalue weighted by molar-refractivity contribution is 5.92. The third-order valence-corrected chi connectivity index (χ3v) is 4.16. The number of hydrogen-bond donors (Lipinski definition) is 2.